The Hall–Kier alpha value is -3.16. The number of ether oxygens (including phenoxy) is 1. The molecule has 3 heterocycles. The number of aromatic nitrogens is 4. The number of amides is 1. The molecule has 0 spiro atoms. The van der Waals surface area contributed by atoms with Crippen LogP contribution in [-0.2, 0) is 7.05 Å². The zero-order chi connectivity index (χ0) is 21.4. The minimum absolute atomic E-state index is 0.000758. The normalized spacial score (nSPS) is 14.6. The van der Waals surface area contributed by atoms with E-state index in [0.29, 0.717) is 37.5 Å². The molecule has 0 unspecified atom stereocenters. The van der Waals surface area contributed by atoms with E-state index in [-0.39, 0.29) is 11.8 Å². The van der Waals surface area contributed by atoms with Gasteiger partial charge < -0.3 is 14.5 Å². The molecule has 3 aromatic rings. The Labute approximate surface area is 176 Å². The maximum absolute atomic E-state index is 13.0. The Bertz CT molecular complexity index is 1080. The SMILES string of the molecule is COc1ccccc1C(=O)N1CCN(c2nc(C(C)C)nc3c(C)nn(C)c23)CC1. The van der Waals surface area contributed by atoms with Crippen molar-refractivity contribution in [3.63, 3.8) is 0 Å². The summed E-state index contributed by atoms with van der Waals surface area (Å²) in [6.07, 6.45) is 0. The summed E-state index contributed by atoms with van der Waals surface area (Å²) < 4.78 is 7.22. The third kappa shape index (κ3) is 3.46. The first kappa shape index (κ1) is 20.1. The molecule has 1 saturated heterocycles. The second-order valence-electron chi connectivity index (χ2n) is 7.95. The molecule has 0 bridgehead atoms. The Morgan fingerprint density at radius 2 is 1.80 bits per heavy atom. The quantitative estimate of drug-likeness (QED) is 0.661. The molecule has 0 saturated carbocycles. The minimum atomic E-state index is -0.000758. The Morgan fingerprint density at radius 1 is 1.10 bits per heavy atom. The van der Waals surface area contributed by atoms with Crippen LogP contribution in [0.3, 0.4) is 0 Å². The first-order valence-corrected chi connectivity index (χ1v) is 10.3. The number of hydrogen-bond acceptors (Lipinski definition) is 6. The van der Waals surface area contributed by atoms with Crippen LogP contribution in [0.1, 0.15) is 41.6 Å². The summed E-state index contributed by atoms with van der Waals surface area (Å²) in [6.45, 7) is 8.82. The van der Waals surface area contributed by atoms with E-state index in [4.69, 9.17) is 14.7 Å². The van der Waals surface area contributed by atoms with Crippen molar-refractivity contribution in [2.45, 2.75) is 26.7 Å². The second-order valence-corrected chi connectivity index (χ2v) is 7.95. The number of fused-ring (bicyclic) bond motifs is 1. The second kappa shape index (κ2) is 7.93. The van der Waals surface area contributed by atoms with Crippen LogP contribution in [0.2, 0.25) is 0 Å². The highest BCUT2D eigenvalue weighted by Crippen LogP contribution is 2.29. The van der Waals surface area contributed by atoms with Crippen molar-refractivity contribution in [3.05, 3.63) is 41.3 Å². The van der Waals surface area contributed by atoms with Gasteiger partial charge in [-0.2, -0.15) is 5.10 Å². The van der Waals surface area contributed by atoms with Crippen molar-refractivity contribution < 1.29 is 9.53 Å². The van der Waals surface area contributed by atoms with Crippen LogP contribution >= 0.6 is 0 Å². The first-order chi connectivity index (χ1) is 14.4. The molecular formula is C22H28N6O2. The number of carbonyl (C=O) groups is 1. The molecule has 1 amide bonds. The zero-order valence-electron chi connectivity index (χ0n) is 18.2. The van der Waals surface area contributed by atoms with E-state index in [1.807, 2.05) is 47.8 Å². The number of carbonyl (C=O) groups excluding carboxylic acids is 1. The summed E-state index contributed by atoms with van der Waals surface area (Å²) in [4.78, 5) is 26.8. The van der Waals surface area contributed by atoms with Gasteiger partial charge in [0.05, 0.1) is 18.4 Å². The van der Waals surface area contributed by atoms with Crippen LogP contribution in [0.25, 0.3) is 11.0 Å². The molecule has 0 atom stereocenters. The number of methoxy groups -OCH3 is 1. The lowest BCUT2D eigenvalue weighted by Gasteiger charge is -2.36. The predicted molar refractivity (Wildman–Crippen MR) is 116 cm³/mol. The van der Waals surface area contributed by atoms with Crippen LogP contribution in [0.4, 0.5) is 5.82 Å². The van der Waals surface area contributed by atoms with E-state index < -0.39 is 0 Å². The van der Waals surface area contributed by atoms with Crippen LogP contribution in [0.5, 0.6) is 5.75 Å². The van der Waals surface area contributed by atoms with Gasteiger partial charge in [0.1, 0.15) is 22.6 Å². The number of benzene rings is 1. The number of hydrogen-bond donors (Lipinski definition) is 0. The molecule has 2 aromatic heterocycles. The van der Waals surface area contributed by atoms with Gasteiger partial charge in [-0.15, -0.1) is 0 Å². The van der Waals surface area contributed by atoms with Crippen LogP contribution < -0.4 is 9.64 Å². The summed E-state index contributed by atoms with van der Waals surface area (Å²) in [5.41, 5.74) is 3.35. The maximum atomic E-state index is 13.0. The largest absolute Gasteiger partial charge is 0.496 e. The number of anilines is 1. The highest BCUT2D eigenvalue weighted by Gasteiger charge is 2.27. The van der Waals surface area contributed by atoms with Crippen molar-refractivity contribution in [1.82, 2.24) is 24.6 Å². The Balaban J connectivity index is 1.60. The standard InChI is InChI=1S/C22H28N6O2/c1-14(2)20-23-18-15(3)25-26(4)19(18)21(24-20)27-10-12-28(13-11-27)22(29)16-8-6-7-9-17(16)30-5/h6-9,14H,10-13H2,1-5H3. The van der Waals surface area contributed by atoms with Gasteiger partial charge in [-0.3, -0.25) is 9.48 Å². The summed E-state index contributed by atoms with van der Waals surface area (Å²) in [5.74, 6) is 2.55. The molecule has 158 valence electrons. The van der Waals surface area contributed by atoms with E-state index >= 15 is 0 Å². The number of piperazine rings is 1. The number of rotatable bonds is 4. The highest BCUT2D eigenvalue weighted by atomic mass is 16.5. The van der Waals surface area contributed by atoms with Crippen molar-refractivity contribution in [2.24, 2.45) is 7.05 Å². The third-order valence-electron chi connectivity index (χ3n) is 5.57. The fourth-order valence-electron chi connectivity index (χ4n) is 3.92. The van der Waals surface area contributed by atoms with E-state index in [2.05, 4.69) is 23.8 Å². The van der Waals surface area contributed by atoms with Gasteiger partial charge in [0, 0.05) is 39.1 Å². The summed E-state index contributed by atoms with van der Waals surface area (Å²) in [5, 5.41) is 4.56. The lowest BCUT2D eigenvalue weighted by Crippen LogP contribution is -2.49. The van der Waals surface area contributed by atoms with E-state index in [9.17, 15) is 4.79 Å². The summed E-state index contributed by atoms with van der Waals surface area (Å²) in [6, 6.07) is 7.37. The molecular weight excluding hydrogens is 380 g/mol. The molecule has 8 heteroatoms. The molecule has 1 aromatic carbocycles. The van der Waals surface area contributed by atoms with Crippen LogP contribution in [-0.4, -0.2) is 63.8 Å². The van der Waals surface area contributed by atoms with Gasteiger partial charge in [0.25, 0.3) is 5.91 Å². The minimum Gasteiger partial charge on any atom is -0.496 e. The van der Waals surface area contributed by atoms with Crippen LogP contribution in [0.15, 0.2) is 24.3 Å². The summed E-state index contributed by atoms with van der Waals surface area (Å²) in [7, 11) is 3.52. The fourth-order valence-corrected chi connectivity index (χ4v) is 3.92. The zero-order valence-corrected chi connectivity index (χ0v) is 18.2. The monoisotopic (exact) mass is 408 g/mol. The molecule has 8 nitrogen and oxygen atoms in total. The maximum Gasteiger partial charge on any atom is 0.257 e. The topological polar surface area (TPSA) is 76.4 Å². The molecule has 0 aliphatic carbocycles. The van der Waals surface area contributed by atoms with Crippen molar-refractivity contribution in [2.75, 3.05) is 38.2 Å². The smallest absolute Gasteiger partial charge is 0.257 e. The van der Waals surface area contributed by atoms with Gasteiger partial charge in [-0.25, -0.2) is 9.97 Å². The van der Waals surface area contributed by atoms with Gasteiger partial charge in [0.15, 0.2) is 5.82 Å². The molecule has 4 rings (SSSR count). The fraction of sp³-hybridized carbons (Fsp3) is 0.455. The van der Waals surface area contributed by atoms with Crippen molar-refractivity contribution >= 4 is 22.8 Å². The number of nitrogens with zero attached hydrogens (tertiary/aromatic N) is 6. The molecule has 1 aliphatic heterocycles. The number of aryl methyl sites for hydroxylation is 2. The van der Waals surface area contributed by atoms with Gasteiger partial charge in [0.2, 0.25) is 0 Å². The first-order valence-electron chi connectivity index (χ1n) is 10.3. The lowest BCUT2D eigenvalue weighted by molar-refractivity contribution is 0.0743. The van der Waals surface area contributed by atoms with Crippen molar-refractivity contribution in [3.8, 4) is 5.75 Å². The molecule has 1 fully saturated rings. The Kier molecular flexibility index (Phi) is 5.32. The third-order valence-corrected chi connectivity index (χ3v) is 5.57. The number of para-hydroxylation sites is 1. The molecule has 30 heavy (non-hydrogen) atoms. The molecule has 0 radical (unpaired) electrons. The van der Waals surface area contributed by atoms with Crippen molar-refractivity contribution in [1.29, 1.82) is 0 Å². The van der Waals surface area contributed by atoms with E-state index in [0.717, 1.165) is 28.4 Å². The highest BCUT2D eigenvalue weighted by molar-refractivity contribution is 5.97. The molecule has 0 N–H and O–H groups in total. The summed E-state index contributed by atoms with van der Waals surface area (Å²) >= 11 is 0. The van der Waals surface area contributed by atoms with E-state index in [1.54, 1.807) is 7.11 Å². The van der Waals surface area contributed by atoms with Crippen LogP contribution in [0, 0.1) is 6.92 Å². The van der Waals surface area contributed by atoms with Gasteiger partial charge in [-0.05, 0) is 19.1 Å². The average Bonchev–Trinajstić information content (AvgIpc) is 3.06. The Morgan fingerprint density at radius 3 is 2.47 bits per heavy atom. The van der Waals surface area contributed by atoms with E-state index in [1.165, 1.54) is 0 Å². The lowest BCUT2D eigenvalue weighted by atomic mass is 10.1. The van der Waals surface area contributed by atoms with Gasteiger partial charge >= 0.3 is 0 Å². The molecule has 1 aliphatic rings. The van der Waals surface area contributed by atoms with Gasteiger partial charge in [-0.1, -0.05) is 26.0 Å². The predicted octanol–water partition coefficient (Wildman–Crippen LogP) is 2.77. The average molecular weight is 409 g/mol.